The summed E-state index contributed by atoms with van der Waals surface area (Å²) in [6, 6.07) is 15.2. The Hall–Kier alpha value is -2.13. The highest BCUT2D eigenvalue weighted by Gasteiger charge is 2.40. The first kappa shape index (κ1) is 16.7. The second kappa shape index (κ2) is 6.40. The molecule has 126 valence electrons. The van der Waals surface area contributed by atoms with Crippen LogP contribution in [0.4, 0.5) is 0 Å². The van der Waals surface area contributed by atoms with Gasteiger partial charge >= 0.3 is 5.97 Å². The van der Waals surface area contributed by atoms with Gasteiger partial charge in [-0.15, -0.1) is 0 Å². The molecule has 0 saturated carbocycles. The third-order valence-corrected chi connectivity index (χ3v) is 4.98. The van der Waals surface area contributed by atoms with E-state index in [1.54, 1.807) is 0 Å². The van der Waals surface area contributed by atoms with Crippen LogP contribution >= 0.6 is 0 Å². The minimum Gasteiger partial charge on any atom is -0.481 e. The summed E-state index contributed by atoms with van der Waals surface area (Å²) in [6.07, 6.45) is 0.725. The fraction of sp³-hybridized carbons (Fsp3) is 0.381. The van der Waals surface area contributed by atoms with Gasteiger partial charge in [0.2, 0.25) is 0 Å². The molecule has 1 atom stereocenters. The van der Waals surface area contributed by atoms with Crippen molar-refractivity contribution in [1.29, 1.82) is 0 Å². The largest absolute Gasteiger partial charge is 0.481 e. The lowest BCUT2D eigenvalue weighted by Gasteiger charge is -2.20. The van der Waals surface area contributed by atoms with E-state index in [2.05, 4.69) is 61.2 Å². The fourth-order valence-corrected chi connectivity index (χ4v) is 3.57. The number of hydrogen-bond acceptors (Lipinski definition) is 2. The molecule has 0 bridgehead atoms. The number of carbonyl (C=O) groups is 1. The SMILES string of the molecule is Cc1cc(C)cc(-c2ccc(CN3CCC(C)(C(=O)O)C3)cc2)c1. The van der Waals surface area contributed by atoms with Gasteiger partial charge in [-0.1, -0.05) is 53.6 Å². The van der Waals surface area contributed by atoms with Crippen molar-refractivity contribution in [2.24, 2.45) is 5.41 Å². The van der Waals surface area contributed by atoms with Gasteiger partial charge in [-0.2, -0.15) is 0 Å². The molecule has 0 aromatic heterocycles. The molecule has 1 N–H and O–H groups in total. The number of likely N-dealkylation sites (tertiary alicyclic amines) is 1. The van der Waals surface area contributed by atoms with Crippen LogP contribution in [0.5, 0.6) is 0 Å². The highest BCUT2D eigenvalue weighted by molar-refractivity contribution is 5.74. The Morgan fingerprint density at radius 1 is 1.08 bits per heavy atom. The molecule has 0 aliphatic carbocycles. The average molecular weight is 323 g/mol. The number of hydrogen-bond donors (Lipinski definition) is 1. The summed E-state index contributed by atoms with van der Waals surface area (Å²) in [5.41, 5.74) is 5.66. The van der Waals surface area contributed by atoms with Crippen LogP contribution < -0.4 is 0 Å². The van der Waals surface area contributed by atoms with Crippen LogP contribution in [0.2, 0.25) is 0 Å². The highest BCUT2D eigenvalue weighted by Crippen LogP contribution is 2.31. The number of rotatable bonds is 4. The molecule has 3 heteroatoms. The maximum atomic E-state index is 11.4. The van der Waals surface area contributed by atoms with Crippen LogP contribution in [0.3, 0.4) is 0 Å². The first-order valence-corrected chi connectivity index (χ1v) is 8.49. The van der Waals surface area contributed by atoms with Crippen molar-refractivity contribution in [3.8, 4) is 11.1 Å². The molecule has 1 aliphatic heterocycles. The van der Waals surface area contributed by atoms with Crippen LogP contribution in [-0.2, 0) is 11.3 Å². The van der Waals surface area contributed by atoms with Crippen molar-refractivity contribution >= 4 is 5.97 Å². The van der Waals surface area contributed by atoms with Crippen molar-refractivity contribution < 1.29 is 9.90 Å². The molecule has 24 heavy (non-hydrogen) atoms. The zero-order chi connectivity index (χ0) is 17.3. The Kier molecular flexibility index (Phi) is 4.46. The third kappa shape index (κ3) is 3.51. The zero-order valence-electron chi connectivity index (χ0n) is 14.7. The number of carboxylic acid groups (broad SMARTS) is 1. The maximum Gasteiger partial charge on any atom is 0.310 e. The number of carboxylic acids is 1. The van der Waals surface area contributed by atoms with E-state index in [0.717, 1.165) is 19.5 Å². The van der Waals surface area contributed by atoms with Crippen molar-refractivity contribution in [3.05, 3.63) is 59.2 Å². The minimum atomic E-state index is -0.685. The van der Waals surface area contributed by atoms with Crippen molar-refractivity contribution in [2.75, 3.05) is 13.1 Å². The quantitative estimate of drug-likeness (QED) is 0.913. The summed E-state index contributed by atoms with van der Waals surface area (Å²) in [4.78, 5) is 13.6. The highest BCUT2D eigenvalue weighted by atomic mass is 16.4. The molecule has 3 nitrogen and oxygen atoms in total. The van der Waals surface area contributed by atoms with Gasteiger partial charge in [0.05, 0.1) is 5.41 Å². The molecular formula is C21H25NO2. The average Bonchev–Trinajstić information content (AvgIpc) is 2.90. The Morgan fingerprint density at radius 3 is 2.25 bits per heavy atom. The molecule has 0 spiro atoms. The smallest absolute Gasteiger partial charge is 0.310 e. The lowest BCUT2D eigenvalue weighted by Crippen LogP contribution is -2.31. The van der Waals surface area contributed by atoms with Crippen molar-refractivity contribution in [1.82, 2.24) is 4.90 Å². The van der Waals surface area contributed by atoms with Gasteiger partial charge in [0, 0.05) is 13.1 Å². The summed E-state index contributed by atoms with van der Waals surface area (Å²) in [5.74, 6) is -0.685. The van der Waals surface area contributed by atoms with Gasteiger partial charge in [0.15, 0.2) is 0 Å². The molecule has 3 rings (SSSR count). The molecule has 1 fully saturated rings. The van der Waals surface area contributed by atoms with E-state index in [9.17, 15) is 9.90 Å². The Morgan fingerprint density at radius 2 is 1.71 bits per heavy atom. The molecule has 1 aliphatic rings. The Balaban J connectivity index is 1.70. The standard InChI is InChI=1S/C21H25NO2/c1-15-10-16(2)12-19(11-15)18-6-4-17(5-7-18)13-22-9-8-21(3,14-22)20(23)24/h4-7,10-12H,8-9,13-14H2,1-3H3,(H,23,24). The van der Waals surface area contributed by atoms with Crippen LogP contribution in [0, 0.1) is 19.3 Å². The minimum absolute atomic E-state index is 0.598. The predicted octanol–water partition coefficient (Wildman–Crippen LogP) is 4.27. The second-order valence-electron chi connectivity index (χ2n) is 7.40. The van der Waals surface area contributed by atoms with E-state index in [4.69, 9.17) is 0 Å². The molecule has 2 aromatic carbocycles. The van der Waals surface area contributed by atoms with Crippen LogP contribution in [0.15, 0.2) is 42.5 Å². The maximum absolute atomic E-state index is 11.4. The van der Waals surface area contributed by atoms with Crippen LogP contribution in [0.1, 0.15) is 30.0 Å². The number of aryl methyl sites for hydroxylation is 2. The lowest BCUT2D eigenvalue weighted by molar-refractivity contribution is -0.147. The fourth-order valence-electron chi connectivity index (χ4n) is 3.57. The van der Waals surface area contributed by atoms with E-state index < -0.39 is 11.4 Å². The third-order valence-electron chi connectivity index (χ3n) is 4.98. The Labute approximate surface area is 143 Å². The van der Waals surface area contributed by atoms with E-state index in [1.807, 2.05) is 6.92 Å². The molecule has 1 heterocycles. The molecular weight excluding hydrogens is 298 g/mol. The van der Waals surface area contributed by atoms with Gasteiger partial charge in [-0.25, -0.2) is 0 Å². The summed E-state index contributed by atoms with van der Waals surface area (Å²) in [6.45, 7) is 8.38. The summed E-state index contributed by atoms with van der Waals surface area (Å²) < 4.78 is 0. The van der Waals surface area contributed by atoms with E-state index in [0.29, 0.717) is 6.54 Å². The summed E-state index contributed by atoms with van der Waals surface area (Å²) in [5, 5.41) is 9.34. The number of benzene rings is 2. The molecule has 1 unspecified atom stereocenters. The first-order valence-electron chi connectivity index (χ1n) is 8.49. The van der Waals surface area contributed by atoms with Gasteiger partial charge < -0.3 is 5.11 Å². The second-order valence-corrected chi connectivity index (χ2v) is 7.40. The monoisotopic (exact) mass is 323 g/mol. The molecule has 2 aromatic rings. The number of nitrogens with zero attached hydrogens (tertiary/aromatic N) is 1. The van der Waals surface area contributed by atoms with Gasteiger partial charge in [0.1, 0.15) is 0 Å². The van der Waals surface area contributed by atoms with Crippen LogP contribution in [0.25, 0.3) is 11.1 Å². The van der Waals surface area contributed by atoms with Gasteiger partial charge in [-0.3, -0.25) is 9.69 Å². The Bertz CT molecular complexity index is 731. The summed E-state index contributed by atoms with van der Waals surface area (Å²) in [7, 11) is 0. The topological polar surface area (TPSA) is 40.5 Å². The number of aliphatic carboxylic acids is 1. The van der Waals surface area contributed by atoms with E-state index in [-0.39, 0.29) is 0 Å². The zero-order valence-corrected chi connectivity index (χ0v) is 14.7. The normalized spacial score (nSPS) is 21.1. The van der Waals surface area contributed by atoms with E-state index in [1.165, 1.54) is 27.8 Å². The molecule has 1 saturated heterocycles. The molecule has 0 radical (unpaired) electrons. The lowest BCUT2D eigenvalue weighted by atomic mass is 9.90. The van der Waals surface area contributed by atoms with Gasteiger partial charge in [-0.05, 0) is 50.4 Å². The van der Waals surface area contributed by atoms with Crippen molar-refractivity contribution in [2.45, 2.75) is 33.7 Å². The van der Waals surface area contributed by atoms with Crippen LogP contribution in [-0.4, -0.2) is 29.1 Å². The first-order chi connectivity index (χ1) is 11.4. The van der Waals surface area contributed by atoms with Gasteiger partial charge in [0.25, 0.3) is 0 Å². The van der Waals surface area contributed by atoms with E-state index >= 15 is 0 Å². The predicted molar refractivity (Wildman–Crippen MR) is 97.0 cm³/mol. The van der Waals surface area contributed by atoms with Crippen molar-refractivity contribution in [3.63, 3.8) is 0 Å². The molecule has 0 amide bonds. The summed E-state index contributed by atoms with van der Waals surface area (Å²) >= 11 is 0.